The van der Waals surface area contributed by atoms with Crippen LogP contribution >= 0.6 is 0 Å². The van der Waals surface area contributed by atoms with E-state index in [1.165, 1.54) is 0 Å². The summed E-state index contributed by atoms with van der Waals surface area (Å²) in [5.74, 6) is 0.877. The molecular formula is C10H18N2O2S. The van der Waals surface area contributed by atoms with Crippen molar-refractivity contribution in [2.45, 2.75) is 33.6 Å². The van der Waals surface area contributed by atoms with Gasteiger partial charge in [0.1, 0.15) is 0 Å². The molecule has 0 spiro atoms. The summed E-state index contributed by atoms with van der Waals surface area (Å²) >= 11 is 0. The van der Waals surface area contributed by atoms with Crippen LogP contribution in [0.25, 0.3) is 0 Å². The van der Waals surface area contributed by atoms with Crippen LogP contribution in [-0.4, -0.2) is 23.4 Å². The third-order valence-electron chi connectivity index (χ3n) is 2.76. The van der Waals surface area contributed by atoms with Crippen molar-refractivity contribution in [1.29, 1.82) is 0 Å². The van der Waals surface area contributed by atoms with Gasteiger partial charge in [-0.15, -0.1) is 0 Å². The highest BCUT2D eigenvalue weighted by Gasteiger charge is 2.16. The maximum absolute atomic E-state index is 11.5. The first kappa shape index (κ1) is 12.2. The molecule has 0 aliphatic carbocycles. The summed E-state index contributed by atoms with van der Waals surface area (Å²) in [6.45, 7) is 7.90. The molecule has 5 heteroatoms. The Morgan fingerprint density at radius 3 is 2.47 bits per heavy atom. The molecule has 0 aliphatic heterocycles. The molecule has 0 unspecified atom stereocenters. The van der Waals surface area contributed by atoms with E-state index in [4.69, 9.17) is 0 Å². The van der Waals surface area contributed by atoms with Crippen molar-refractivity contribution in [2.75, 3.05) is 5.75 Å². The van der Waals surface area contributed by atoms with E-state index in [9.17, 15) is 8.42 Å². The van der Waals surface area contributed by atoms with E-state index in [0.29, 0.717) is 11.8 Å². The summed E-state index contributed by atoms with van der Waals surface area (Å²) in [5.41, 5.74) is 0.974. The van der Waals surface area contributed by atoms with Gasteiger partial charge in [-0.25, -0.2) is 8.42 Å². The van der Waals surface area contributed by atoms with Crippen molar-refractivity contribution in [2.24, 2.45) is 5.92 Å². The predicted molar refractivity (Wildman–Crippen MR) is 60.3 cm³/mol. The maximum Gasteiger partial charge on any atom is 0.253 e. The second-order valence-corrected chi connectivity index (χ2v) is 6.19. The van der Waals surface area contributed by atoms with Crippen LogP contribution in [0.3, 0.4) is 0 Å². The number of nitrogens with zero attached hydrogens (tertiary/aromatic N) is 2. The van der Waals surface area contributed by atoms with Crippen molar-refractivity contribution in [1.82, 2.24) is 9.19 Å². The van der Waals surface area contributed by atoms with Gasteiger partial charge in [0.25, 0.3) is 10.0 Å². The van der Waals surface area contributed by atoms with E-state index in [-0.39, 0.29) is 5.75 Å². The molecule has 15 heavy (non-hydrogen) atoms. The molecule has 0 radical (unpaired) electrons. The zero-order valence-electron chi connectivity index (χ0n) is 9.64. The Hall–Kier alpha value is -0.840. The molecule has 1 aromatic rings. The molecule has 0 saturated heterocycles. The van der Waals surface area contributed by atoms with E-state index >= 15 is 0 Å². The SMILES string of the molecule is CCS(=O)(=O)n1cc([C@@H](C)C(C)C)cn1. The average molecular weight is 230 g/mol. The Morgan fingerprint density at radius 2 is 2.00 bits per heavy atom. The monoisotopic (exact) mass is 230 g/mol. The van der Waals surface area contributed by atoms with Crippen LogP contribution in [0.4, 0.5) is 0 Å². The van der Waals surface area contributed by atoms with Crippen molar-refractivity contribution >= 4 is 10.0 Å². The Labute approximate surface area is 91.4 Å². The van der Waals surface area contributed by atoms with Crippen molar-refractivity contribution in [3.8, 4) is 0 Å². The van der Waals surface area contributed by atoms with Crippen molar-refractivity contribution in [3.05, 3.63) is 18.0 Å². The third-order valence-corrected chi connectivity index (χ3v) is 4.26. The predicted octanol–water partition coefficient (Wildman–Crippen LogP) is 1.84. The zero-order chi connectivity index (χ0) is 11.6. The van der Waals surface area contributed by atoms with Crippen molar-refractivity contribution < 1.29 is 8.42 Å². The largest absolute Gasteiger partial charge is 0.253 e. The molecule has 0 saturated carbocycles. The van der Waals surface area contributed by atoms with Crippen LogP contribution in [0.5, 0.6) is 0 Å². The van der Waals surface area contributed by atoms with Gasteiger partial charge in [-0.3, -0.25) is 0 Å². The van der Waals surface area contributed by atoms with E-state index in [2.05, 4.69) is 25.9 Å². The standard InChI is InChI=1S/C10H18N2O2S/c1-5-15(13,14)12-7-10(6-11-12)9(4)8(2)3/h6-9H,5H2,1-4H3/t9-/m0/s1. The average Bonchev–Trinajstić information content (AvgIpc) is 2.65. The molecule has 0 N–H and O–H groups in total. The molecule has 0 aromatic carbocycles. The topological polar surface area (TPSA) is 52.0 Å². The number of hydrogen-bond acceptors (Lipinski definition) is 3. The lowest BCUT2D eigenvalue weighted by Crippen LogP contribution is -2.15. The van der Waals surface area contributed by atoms with E-state index in [0.717, 1.165) is 9.65 Å². The van der Waals surface area contributed by atoms with Gasteiger partial charge in [-0.1, -0.05) is 20.8 Å². The second kappa shape index (κ2) is 4.35. The normalized spacial score (nSPS) is 14.5. The summed E-state index contributed by atoms with van der Waals surface area (Å²) in [4.78, 5) is 0. The zero-order valence-corrected chi connectivity index (χ0v) is 10.5. The second-order valence-electron chi connectivity index (χ2n) is 4.08. The fourth-order valence-electron chi connectivity index (χ4n) is 1.22. The molecule has 1 atom stereocenters. The fraction of sp³-hybridized carbons (Fsp3) is 0.700. The first-order valence-electron chi connectivity index (χ1n) is 5.16. The Balaban J connectivity index is 3.00. The summed E-state index contributed by atoms with van der Waals surface area (Å²) in [7, 11) is -3.23. The minimum atomic E-state index is -3.23. The molecule has 0 bridgehead atoms. The van der Waals surface area contributed by atoms with Crippen LogP contribution in [-0.2, 0) is 10.0 Å². The molecule has 0 amide bonds. The maximum atomic E-state index is 11.5. The fourth-order valence-corrected chi connectivity index (χ4v) is 1.96. The molecule has 1 heterocycles. The molecule has 0 fully saturated rings. The molecule has 1 aromatic heterocycles. The number of rotatable bonds is 4. The van der Waals surface area contributed by atoms with E-state index in [1.807, 2.05) is 0 Å². The third kappa shape index (κ3) is 2.59. The van der Waals surface area contributed by atoms with Gasteiger partial charge >= 0.3 is 0 Å². The minimum Gasteiger partial charge on any atom is -0.205 e. The smallest absolute Gasteiger partial charge is 0.205 e. The van der Waals surface area contributed by atoms with Crippen molar-refractivity contribution in [3.63, 3.8) is 0 Å². The highest BCUT2D eigenvalue weighted by atomic mass is 32.2. The van der Waals surface area contributed by atoms with Crippen LogP contribution < -0.4 is 0 Å². The van der Waals surface area contributed by atoms with Crippen LogP contribution in [0.1, 0.15) is 39.2 Å². The first-order chi connectivity index (χ1) is 6.88. The molecule has 1 rings (SSSR count). The van der Waals surface area contributed by atoms with Gasteiger partial charge in [0.15, 0.2) is 0 Å². The van der Waals surface area contributed by atoms with Gasteiger partial charge in [0, 0.05) is 6.20 Å². The molecule has 86 valence electrons. The number of aromatic nitrogens is 2. The van der Waals surface area contributed by atoms with Gasteiger partial charge < -0.3 is 0 Å². The Kier molecular flexibility index (Phi) is 3.54. The van der Waals surface area contributed by atoms with E-state index < -0.39 is 10.0 Å². The summed E-state index contributed by atoms with van der Waals surface area (Å²) in [6, 6.07) is 0. The highest BCUT2D eigenvalue weighted by Crippen LogP contribution is 2.23. The van der Waals surface area contributed by atoms with Crippen LogP contribution in [0, 0.1) is 5.92 Å². The molecule has 0 aliphatic rings. The van der Waals surface area contributed by atoms with Gasteiger partial charge in [-0.05, 0) is 24.3 Å². The van der Waals surface area contributed by atoms with Crippen LogP contribution in [0.15, 0.2) is 12.4 Å². The minimum absolute atomic E-state index is 0.0736. The van der Waals surface area contributed by atoms with Crippen LogP contribution in [0.2, 0.25) is 0 Å². The summed E-state index contributed by atoms with van der Waals surface area (Å²) in [6.07, 6.45) is 3.25. The summed E-state index contributed by atoms with van der Waals surface area (Å²) in [5, 5.41) is 3.89. The highest BCUT2D eigenvalue weighted by molar-refractivity contribution is 7.89. The van der Waals surface area contributed by atoms with Gasteiger partial charge in [0.05, 0.1) is 11.9 Å². The Bertz CT molecular complexity index is 420. The Morgan fingerprint density at radius 1 is 1.40 bits per heavy atom. The first-order valence-corrected chi connectivity index (χ1v) is 6.77. The van der Waals surface area contributed by atoms with Gasteiger partial charge in [0.2, 0.25) is 0 Å². The molecule has 4 nitrogen and oxygen atoms in total. The lowest BCUT2D eigenvalue weighted by molar-refractivity contribution is 0.535. The molecular weight excluding hydrogens is 212 g/mol. The quantitative estimate of drug-likeness (QED) is 0.793. The van der Waals surface area contributed by atoms with E-state index in [1.54, 1.807) is 19.3 Å². The number of hydrogen-bond donors (Lipinski definition) is 0. The summed E-state index contributed by atoms with van der Waals surface area (Å²) < 4.78 is 24.1. The van der Waals surface area contributed by atoms with Gasteiger partial charge in [-0.2, -0.15) is 9.19 Å². The lowest BCUT2D eigenvalue weighted by atomic mass is 9.93. The lowest BCUT2D eigenvalue weighted by Gasteiger charge is -2.12.